The number of aliphatic hydroxyl groups is 1. The quantitative estimate of drug-likeness (QED) is 0.236. The molecule has 3 heterocycles. The lowest BCUT2D eigenvalue weighted by atomic mass is 9.70. The van der Waals surface area contributed by atoms with Crippen molar-refractivity contribution in [3.05, 3.63) is 78.4 Å². The van der Waals surface area contributed by atoms with Gasteiger partial charge in [-0.2, -0.15) is 0 Å². The molecule has 0 saturated carbocycles. The first-order chi connectivity index (χ1) is 21.6. The lowest BCUT2D eigenvalue weighted by molar-refractivity contribution is -0.140. The van der Waals surface area contributed by atoms with Gasteiger partial charge in [-0.25, -0.2) is 0 Å². The molecular formula is C34H39BrClN3O6. The Morgan fingerprint density at radius 2 is 1.84 bits per heavy atom. The molecule has 6 atom stereocenters. The molecule has 2 aromatic carbocycles. The third-order valence-electron chi connectivity index (χ3n) is 8.94. The number of halogens is 2. The zero-order chi connectivity index (χ0) is 32.5. The summed E-state index contributed by atoms with van der Waals surface area (Å²) in [6.45, 7) is 12.3. The molecule has 0 aromatic heterocycles. The van der Waals surface area contributed by atoms with Gasteiger partial charge in [0.25, 0.3) is 5.91 Å². The first kappa shape index (κ1) is 33.2. The summed E-state index contributed by atoms with van der Waals surface area (Å²) in [4.78, 5) is 48.1. The second-order valence-electron chi connectivity index (χ2n) is 11.6. The summed E-state index contributed by atoms with van der Waals surface area (Å²) in [5, 5.41) is 10.1. The number of amides is 3. The molecule has 3 amide bonds. The van der Waals surface area contributed by atoms with Gasteiger partial charge in [0.2, 0.25) is 11.8 Å². The second-order valence-corrected chi connectivity index (χ2v) is 13.2. The highest BCUT2D eigenvalue weighted by molar-refractivity contribution is 9.09. The van der Waals surface area contributed by atoms with Crippen LogP contribution in [-0.4, -0.2) is 83.2 Å². The Morgan fingerprint density at radius 1 is 1.16 bits per heavy atom. The summed E-state index contributed by atoms with van der Waals surface area (Å²) in [7, 11) is 0. The number of aliphatic hydroxyl groups excluding tert-OH is 1. The number of carbonyl (C=O) groups excluding carboxylic acids is 3. The highest BCUT2D eigenvalue weighted by Crippen LogP contribution is 2.60. The second kappa shape index (κ2) is 13.7. The number of nitrogens with zero attached hydrogens (tertiary/aromatic N) is 3. The molecule has 5 rings (SSSR count). The fourth-order valence-corrected chi connectivity index (χ4v) is 8.49. The molecule has 3 fully saturated rings. The molecule has 0 aliphatic carbocycles. The van der Waals surface area contributed by atoms with Gasteiger partial charge in [-0.1, -0.05) is 51.8 Å². The van der Waals surface area contributed by atoms with Crippen LogP contribution in [0.25, 0.3) is 0 Å². The van der Waals surface area contributed by atoms with E-state index in [1.165, 1.54) is 4.90 Å². The molecule has 11 heteroatoms. The van der Waals surface area contributed by atoms with Crippen LogP contribution in [0.15, 0.2) is 67.8 Å². The van der Waals surface area contributed by atoms with E-state index in [2.05, 4.69) is 29.1 Å². The van der Waals surface area contributed by atoms with Crippen LogP contribution in [-0.2, 0) is 19.1 Å². The Morgan fingerprint density at radius 3 is 2.47 bits per heavy atom. The highest BCUT2D eigenvalue weighted by Gasteiger charge is 2.77. The number of benzene rings is 2. The van der Waals surface area contributed by atoms with Gasteiger partial charge >= 0.3 is 0 Å². The topological polar surface area (TPSA) is 99.6 Å². The number of carbonyl (C=O) groups is 3. The first-order valence-corrected chi connectivity index (χ1v) is 16.5. The number of anilines is 2. The average molecular weight is 701 g/mol. The maximum Gasteiger partial charge on any atom is 0.253 e. The van der Waals surface area contributed by atoms with Crippen molar-refractivity contribution in [2.75, 3.05) is 42.6 Å². The zero-order valence-electron chi connectivity index (χ0n) is 25.5. The van der Waals surface area contributed by atoms with Crippen LogP contribution >= 0.6 is 27.5 Å². The smallest absolute Gasteiger partial charge is 0.253 e. The normalized spacial score (nSPS) is 26.5. The number of hydrogen-bond acceptors (Lipinski definition) is 6. The average Bonchev–Trinajstić information content (AvgIpc) is 3.61. The van der Waals surface area contributed by atoms with Gasteiger partial charge in [0, 0.05) is 36.8 Å². The third kappa shape index (κ3) is 5.71. The minimum atomic E-state index is -1.27. The molecule has 0 radical (unpaired) electrons. The molecular weight excluding hydrogens is 662 g/mol. The third-order valence-corrected chi connectivity index (χ3v) is 10.1. The van der Waals surface area contributed by atoms with E-state index in [9.17, 15) is 19.5 Å². The van der Waals surface area contributed by atoms with E-state index in [1.807, 2.05) is 26.0 Å². The first-order valence-electron chi connectivity index (χ1n) is 15.2. The van der Waals surface area contributed by atoms with Crippen molar-refractivity contribution in [3.63, 3.8) is 0 Å². The molecule has 3 aliphatic heterocycles. The van der Waals surface area contributed by atoms with E-state index in [0.29, 0.717) is 35.2 Å². The van der Waals surface area contributed by atoms with E-state index < -0.39 is 29.6 Å². The Kier molecular flexibility index (Phi) is 10.1. The lowest BCUT2D eigenvalue weighted by Crippen LogP contribution is -2.57. The van der Waals surface area contributed by atoms with E-state index in [-0.39, 0.29) is 55.2 Å². The van der Waals surface area contributed by atoms with Gasteiger partial charge in [-0.15, -0.1) is 13.2 Å². The summed E-state index contributed by atoms with van der Waals surface area (Å²) in [5.74, 6) is -2.06. The lowest BCUT2D eigenvalue weighted by Gasteiger charge is -2.38. The van der Waals surface area contributed by atoms with Gasteiger partial charge in [-0.05, 0) is 62.6 Å². The van der Waals surface area contributed by atoms with Gasteiger partial charge in [0.05, 0.1) is 35.3 Å². The van der Waals surface area contributed by atoms with Crippen LogP contribution in [0.4, 0.5) is 11.4 Å². The number of aryl methyl sites for hydroxylation is 1. The van der Waals surface area contributed by atoms with Crippen molar-refractivity contribution in [2.45, 2.75) is 49.3 Å². The van der Waals surface area contributed by atoms with Crippen molar-refractivity contribution in [1.29, 1.82) is 0 Å². The van der Waals surface area contributed by atoms with E-state index >= 15 is 0 Å². The number of fused-ring (bicyclic) bond motifs is 1. The van der Waals surface area contributed by atoms with Crippen molar-refractivity contribution in [1.82, 2.24) is 4.90 Å². The monoisotopic (exact) mass is 699 g/mol. The van der Waals surface area contributed by atoms with E-state index in [4.69, 9.17) is 21.1 Å². The summed E-state index contributed by atoms with van der Waals surface area (Å²) in [6.07, 6.45) is 3.24. The number of hydrogen-bond donors (Lipinski definition) is 1. The molecule has 3 saturated heterocycles. The van der Waals surface area contributed by atoms with Crippen LogP contribution in [0.1, 0.15) is 25.3 Å². The molecule has 1 N–H and O–H groups in total. The Balaban J connectivity index is 1.57. The van der Waals surface area contributed by atoms with Crippen molar-refractivity contribution in [3.8, 4) is 5.75 Å². The summed E-state index contributed by atoms with van der Waals surface area (Å²) in [5.41, 5.74) is 0.682. The van der Waals surface area contributed by atoms with Crippen LogP contribution in [0.5, 0.6) is 5.75 Å². The Hall–Kier alpha value is -3.18. The molecule has 3 unspecified atom stereocenters. The largest absolute Gasteiger partial charge is 0.494 e. The Labute approximate surface area is 277 Å². The summed E-state index contributed by atoms with van der Waals surface area (Å²) in [6, 6.07) is 11.5. The van der Waals surface area contributed by atoms with E-state index in [0.717, 1.165) is 5.56 Å². The predicted molar refractivity (Wildman–Crippen MR) is 178 cm³/mol. The fourth-order valence-electron chi connectivity index (χ4n) is 7.23. The van der Waals surface area contributed by atoms with Crippen LogP contribution in [0.2, 0.25) is 5.02 Å². The van der Waals surface area contributed by atoms with Gasteiger partial charge < -0.3 is 29.3 Å². The summed E-state index contributed by atoms with van der Waals surface area (Å²) >= 11 is 10.4. The molecule has 240 valence electrons. The van der Waals surface area contributed by atoms with Crippen LogP contribution < -0.4 is 14.5 Å². The van der Waals surface area contributed by atoms with Gasteiger partial charge in [-0.3, -0.25) is 14.4 Å². The minimum absolute atomic E-state index is 0.130. The molecule has 2 bridgehead atoms. The maximum absolute atomic E-state index is 14.8. The van der Waals surface area contributed by atoms with Crippen molar-refractivity contribution >= 4 is 56.6 Å². The van der Waals surface area contributed by atoms with Crippen molar-refractivity contribution in [2.24, 2.45) is 11.8 Å². The minimum Gasteiger partial charge on any atom is -0.494 e. The van der Waals surface area contributed by atoms with Gasteiger partial charge in [0.15, 0.2) is 0 Å². The fraction of sp³-hybridized carbons (Fsp3) is 0.441. The maximum atomic E-state index is 14.8. The highest BCUT2D eigenvalue weighted by atomic mass is 79.9. The molecule has 9 nitrogen and oxygen atoms in total. The number of alkyl halides is 1. The molecule has 3 aliphatic rings. The standard InChI is InChI=1S/C34H39BrClN3O6/c1-5-16-37(22-12-14-23(15-13-22)44-7-3)31(41)26-27-32(42)39(18-9-19-40)30(34(27)20-24(35)29(26)45-34)33(43)38(17-6-2)28-21(4)10-8-11-25(28)36/h5-6,8,10-15,24,26-27,29-30,40H,1-2,7,9,16-20H2,3-4H3/t24?,26-,27-,29-,30?,34?/m0/s1. The number of likely N-dealkylation sites (tertiary alicyclic amines) is 1. The SMILES string of the molecule is C=CCN(C(=O)[C@H]1[C@H]2C(=O)N(CCCO)C(C(=O)N(CC=C)c3c(C)cccc3Cl)C23CC(Br)[C@@H]1O3)c1ccc(OCC)cc1. The molecule has 1 spiro atoms. The number of rotatable bonds is 13. The summed E-state index contributed by atoms with van der Waals surface area (Å²) < 4.78 is 12.3. The van der Waals surface area contributed by atoms with E-state index in [1.54, 1.807) is 52.3 Å². The van der Waals surface area contributed by atoms with Crippen LogP contribution in [0.3, 0.4) is 0 Å². The molecule has 2 aromatic rings. The van der Waals surface area contributed by atoms with Crippen molar-refractivity contribution < 1.29 is 29.0 Å². The predicted octanol–water partition coefficient (Wildman–Crippen LogP) is 4.92. The van der Waals surface area contributed by atoms with Crippen LogP contribution in [0, 0.1) is 18.8 Å². The Bertz CT molecular complexity index is 1450. The molecule has 45 heavy (non-hydrogen) atoms. The number of ether oxygens (including phenoxy) is 2. The zero-order valence-corrected chi connectivity index (χ0v) is 27.9. The number of para-hydroxylation sites is 1. The van der Waals surface area contributed by atoms with Gasteiger partial charge in [0.1, 0.15) is 17.4 Å².